The number of hydrogen-bond donors (Lipinski definition) is 19. The quantitative estimate of drug-likeness (QED) is 0.0789. The van der Waals surface area contributed by atoms with Crippen LogP contribution in [0.4, 0.5) is 0 Å². The molecule has 8 aliphatic heterocycles. The molecular weight excluding hydrogens is 1350 g/mol. The van der Waals surface area contributed by atoms with Gasteiger partial charge in [0.1, 0.15) is 89.5 Å². The molecule has 34 nitrogen and oxygen atoms in total. The molecule has 11 bridgehead atoms. The van der Waals surface area contributed by atoms with Crippen LogP contribution in [0, 0.1) is 0 Å². The van der Waals surface area contributed by atoms with E-state index in [2.05, 4.69) is 26.6 Å². The Kier molecular flexibility index (Phi) is 20.8. The monoisotopic (exact) mass is 1430 g/mol. The van der Waals surface area contributed by atoms with E-state index in [1.54, 1.807) is 0 Å². The Morgan fingerprint density at radius 2 is 1.24 bits per heavy atom. The number of benzene rings is 5. The number of nitrogens with one attached hydrogen (secondary N) is 5. The number of nitrogens with two attached hydrogens (primary N) is 4. The van der Waals surface area contributed by atoms with Crippen molar-refractivity contribution >= 4 is 53.0 Å². The molecular formula is C66H76ClN9O25. The lowest BCUT2D eigenvalue weighted by Crippen LogP contribution is -2.64. The normalized spacial score (nSPS) is 33.7. The second-order valence-electron chi connectivity index (χ2n) is 26.2. The number of fused-ring (bicyclic) bond motifs is 15. The molecule has 0 saturated carbocycles. The molecule has 542 valence electrons. The first-order valence-electron chi connectivity index (χ1n) is 31.8. The summed E-state index contributed by atoms with van der Waals surface area (Å²) in [5, 5.41) is 125. The zero-order valence-electron chi connectivity index (χ0n) is 54.2. The van der Waals surface area contributed by atoms with E-state index in [4.69, 9.17) is 72.4 Å². The van der Waals surface area contributed by atoms with E-state index in [-0.39, 0.29) is 46.1 Å². The number of phenolic OH excluding ortho intramolecular Hbond substituents is 3. The van der Waals surface area contributed by atoms with E-state index in [9.17, 15) is 65.4 Å². The fourth-order valence-corrected chi connectivity index (χ4v) is 13.2. The molecule has 23 N–H and O–H groups in total. The number of aliphatic hydroxyl groups is 6. The predicted octanol–water partition coefficient (Wildman–Crippen LogP) is -1.10. The fourth-order valence-electron chi connectivity index (χ4n) is 13.0. The maximum Gasteiger partial charge on any atom is 0.330 e. The maximum absolute atomic E-state index is 16.1. The summed E-state index contributed by atoms with van der Waals surface area (Å²) < 4.78 is 51.3. The summed E-state index contributed by atoms with van der Waals surface area (Å²) in [7, 11) is 0. The third-order valence-corrected chi connectivity index (χ3v) is 18.7. The number of carbonyl (C=O) groups excluding carboxylic acids is 6. The molecule has 5 aromatic carbocycles. The molecule has 13 rings (SSSR count). The number of aliphatic carboxylic acids is 1. The number of carboxylic acid groups (broad SMARTS) is 1. The summed E-state index contributed by atoms with van der Waals surface area (Å²) in [4.78, 5) is 103. The Balaban J connectivity index is 1.18. The zero-order valence-corrected chi connectivity index (χ0v) is 54.9. The number of carboxylic acids is 1. The highest BCUT2D eigenvalue weighted by Gasteiger charge is 2.52. The summed E-state index contributed by atoms with van der Waals surface area (Å²) in [6.07, 6.45) is -22.0. The van der Waals surface area contributed by atoms with Gasteiger partial charge in [0.2, 0.25) is 47.5 Å². The van der Waals surface area contributed by atoms with E-state index in [0.29, 0.717) is 0 Å². The lowest BCUT2D eigenvalue weighted by Gasteiger charge is -2.47. The van der Waals surface area contributed by atoms with Gasteiger partial charge in [0.05, 0.1) is 42.5 Å². The van der Waals surface area contributed by atoms with Crippen molar-refractivity contribution in [3.05, 3.63) is 118 Å². The van der Waals surface area contributed by atoms with Crippen molar-refractivity contribution in [3.63, 3.8) is 0 Å². The minimum atomic E-state index is -2.28. The number of amides is 6. The largest absolute Gasteiger partial charge is 0.508 e. The number of phenols is 3. The lowest BCUT2D eigenvalue weighted by molar-refractivity contribution is -0.333. The van der Waals surface area contributed by atoms with Crippen LogP contribution in [0.15, 0.2) is 84.9 Å². The molecule has 0 aromatic heterocycles. The first-order valence-corrected chi connectivity index (χ1v) is 32.1. The van der Waals surface area contributed by atoms with Gasteiger partial charge in [-0.3, -0.25) is 28.8 Å². The Bertz CT molecular complexity index is 4060. The van der Waals surface area contributed by atoms with Gasteiger partial charge in [0.15, 0.2) is 36.2 Å². The molecule has 6 amide bonds. The van der Waals surface area contributed by atoms with Gasteiger partial charge in [-0.2, -0.15) is 0 Å². The van der Waals surface area contributed by atoms with Gasteiger partial charge in [-0.05, 0) is 105 Å². The number of rotatable bonds is 10. The van der Waals surface area contributed by atoms with Crippen molar-refractivity contribution in [3.8, 4) is 57.1 Å². The molecule has 0 aliphatic carbocycles. The van der Waals surface area contributed by atoms with Crippen LogP contribution in [0.2, 0.25) is 5.02 Å². The van der Waals surface area contributed by atoms with Gasteiger partial charge >= 0.3 is 5.97 Å². The molecule has 8 aliphatic rings. The fraction of sp³-hybridized carbons (Fsp3) is 0.439. The van der Waals surface area contributed by atoms with E-state index in [1.807, 2.05) is 0 Å². The van der Waals surface area contributed by atoms with Gasteiger partial charge in [-0.1, -0.05) is 35.9 Å². The molecule has 21 atom stereocenters. The van der Waals surface area contributed by atoms with Crippen LogP contribution in [0.5, 0.6) is 46.0 Å². The molecule has 0 radical (unpaired) electrons. The molecule has 0 spiro atoms. The highest BCUT2D eigenvalue weighted by molar-refractivity contribution is 6.32. The highest BCUT2D eigenvalue weighted by atomic mass is 35.5. The third kappa shape index (κ3) is 15.0. The molecule has 101 heavy (non-hydrogen) atoms. The van der Waals surface area contributed by atoms with Crippen LogP contribution in [-0.4, -0.2) is 196 Å². The predicted molar refractivity (Wildman–Crippen MR) is 344 cm³/mol. The molecule has 3 fully saturated rings. The summed E-state index contributed by atoms with van der Waals surface area (Å²) >= 11 is 6.95. The molecule has 8 heterocycles. The Hall–Kier alpha value is -9.08. The third-order valence-electron chi connectivity index (χ3n) is 18.4. The second kappa shape index (κ2) is 28.7. The summed E-state index contributed by atoms with van der Waals surface area (Å²) in [5.74, 6) is -14.2. The van der Waals surface area contributed by atoms with E-state index >= 15 is 19.2 Å². The van der Waals surface area contributed by atoms with Gasteiger partial charge in [0, 0.05) is 46.7 Å². The van der Waals surface area contributed by atoms with Crippen LogP contribution in [0.3, 0.4) is 0 Å². The van der Waals surface area contributed by atoms with E-state index in [1.165, 1.54) is 64.1 Å². The Morgan fingerprint density at radius 3 is 1.85 bits per heavy atom. The number of halogens is 1. The molecule has 3 saturated heterocycles. The van der Waals surface area contributed by atoms with Crippen molar-refractivity contribution in [2.45, 2.75) is 174 Å². The first-order chi connectivity index (χ1) is 47.6. The molecule has 0 unspecified atom stereocenters. The summed E-state index contributed by atoms with van der Waals surface area (Å²) in [6.45, 7) is 5.05. The smallest absolute Gasteiger partial charge is 0.330 e. The van der Waals surface area contributed by atoms with Crippen molar-refractivity contribution < 1.29 is 123 Å². The van der Waals surface area contributed by atoms with Crippen LogP contribution < -0.4 is 63.7 Å². The van der Waals surface area contributed by atoms with Crippen molar-refractivity contribution in [2.75, 3.05) is 6.61 Å². The standard InChI is InChI=1S/C66H76ClN9O25/c1-23-56(85)65(3,70)20-42(94-23)99-53-25-5-9-30(10-6-25)96-38-15-28-16-39(54(38)101-64-55(52(84)51(83)40(22-77)98-64)100-43-21-66(4,71)57(86)24(2)95-43)97-37-12-8-27(14-33(37)67)50(82)45(69)59(88)72-34(19-41(68)81)58(87)73-47(28)61(90)74-46-26-7-11-35(79)31(13-26)44-32(17-29(78)18-36(44)80)48(63(92)93)75-62(91)49(53)76-60(46)89/h5-18,23-24,34,40,42-43,45-53,55-57,64,77-80,82-86H,19-22,69-71H2,1-4H3,(H2,68,81)(H,72,88)(H,73,87)(H,74,90)(H,75,91)(H,76,89)(H,92,93)/t23-,24-,34-,40+,42-,43-,45+,46+,47+,48-,49-,50+,51+,52-,53+,55+,56-,57-,64-,65-,66-/m0/s1. The average molecular weight is 1430 g/mol. The van der Waals surface area contributed by atoms with Crippen LogP contribution in [0.25, 0.3) is 11.1 Å². The number of ether oxygens (including phenoxy) is 8. The first kappa shape index (κ1) is 73.1. The number of hydrogen-bond acceptors (Lipinski definition) is 27. The van der Waals surface area contributed by atoms with Crippen molar-refractivity contribution in [1.29, 1.82) is 0 Å². The molecule has 35 heteroatoms. The lowest BCUT2D eigenvalue weighted by atomic mass is 9.86. The van der Waals surface area contributed by atoms with Gasteiger partial charge < -0.3 is 138 Å². The topological polar surface area (TPSA) is 560 Å². The number of primary amides is 1. The van der Waals surface area contributed by atoms with Crippen LogP contribution in [0.1, 0.15) is 105 Å². The van der Waals surface area contributed by atoms with Crippen molar-refractivity contribution in [2.24, 2.45) is 22.9 Å². The van der Waals surface area contributed by atoms with E-state index < -0.39 is 238 Å². The summed E-state index contributed by atoms with van der Waals surface area (Å²) in [6, 6.07) is 2.97. The number of aliphatic hydroxyl groups excluding tert-OH is 6. The van der Waals surface area contributed by atoms with E-state index in [0.717, 1.165) is 48.5 Å². The SMILES string of the molecule is C[C@@H]1O[C@@H](O[C@H]2[C@H](Oc3c4cc5cc3Oc3ccc(cc3Cl)[C@@H](O)[C@@H](N)C(=O)N[C@@H](CC(N)=O)C(=O)N[C@H]5C(=O)N[C@H]3C(=O)N[C@H](C(=O)N[C@H](C(=O)O)c5cc(O)cc(O)c5-c5cc3ccc5O)[C@H](O[C@H]3C[C@](C)(N)[C@@H](O)[C@H](C)O3)c3ccc(cc3)O4)O[C@H](CO)[C@@H](O)[C@@H]2O)C[C@](C)(N)[C@H]1O. The number of aromatic hydroxyl groups is 3. The molecule has 5 aromatic rings. The Labute approximate surface area is 578 Å². The minimum absolute atomic E-state index is 0.0290. The Morgan fingerprint density at radius 1 is 0.644 bits per heavy atom. The summed E-state index contributed by atoms with van der Waals surface area (Å²) in [5.41, 5.74) is 19.9. The van der Waals surface area contributed by atoms with Crippen LogP contribution >= 0.6 is 11.6 Å². The van der Waals surface area contributed by atoms with Gasteiger partial charge in [0.25, 0.3) is 0 Å². The van der Waals surface area contributed by atoms with Gasteiger partial charge in [-0.15, -0.1) is 0 Å². The van der Waals surface area contributed by atoms with Gasteiger partial charge in [-0.25, -0.2) is 4.79 Å². The zero-order chi connectivity index (χ0) is 73.2. The minimum Gasteiger partial charge on any atom is -0.508 e. The number of carbonyl (C=O) groups is 7. The maximum atomic E-state index is 16.1. The highest BCUT2D eigenvalue weighted by Crippen LogP contribution is 2.49. The second-order valence-corrected chi connectivity index (χ2v) is 26.6. The average Bonchev–Trinajstić information content (AvgIpc) is 0.768. The van der Waals surface area contributed by atoms with Crippen molar-refractivity contribution in [1.82, 2.24) is 26.6 Å². The van der Waals surface area contributed by atoms with Crippen LogP contribution in [-0.2, 0) is 57.2 Å².